The molecule has 0 atom stereocenters. The Morgan fingerprint density at radius 3 is 2.78 bits per heavy atom. The van der Waals surface area contributed by atoms with Gasteiger partial charge in [0, 0.05) is 17.3 Å². The first kappa shape index (κ1) is 13.0. The van der Waals surface area contributed by atoms with Crippen LogP contribution in [0.2, 0.25) is 0 Å². The van der Waals surface area contributed by atoms with Gasteiger partial charge >= 0.3 is 0 Å². The van der Waals surface area contributed by atoms with Crippen molar-refractivity contribution in [3.05, 3.63) is 57.7 Å². The monoisotopic (exact) mass is 310 g/mol. The lowest BCUT2D eigenvalue weighted by Crippen LogP contribution is -2.03. The van der Waals surface area contributed by atoms with Crippen LogP contribution in [0.5, 0.6) is 0 Å². The number of carbonyl (C=O) groups excluding carboxylic acids is 1. The summed E-state index contributed by atoms with van der Waals surface area (Å²) in [6.07, 6.45) is 0.867. The third-order valence-corrected chi connectivity index (χ3v) is 3.42. The molecule has 0 aliphatic carbocycles. The maximum atomic E-state index is 13.1. The van der Waals surface area contributed by atoms with Crippen molar-refractivity contribution in [2.75, 3.05) is 0 Å². The lowest BCUT2D eigenvalue weighted by Gasteiger charge is -2.02. The van der Waals surface area contributed by atoms with Gasteiger partial charge in [-0.15, -0.1) is 0 Å². The van der Waals surface area contributed by atoms with E-state index < -0.39 is 0 Å². The van der Waals surface area contributed by atoms with Crippen molar-refractivity contribution in [3.8, 4) is 0 Å². The minimum absolute atomic E-state index is 0.120. The smallest absolute Gasteiger partial charge is 0.202 e. The first-order chi connectivity index (χ1) is 8.60. The first-order valence-electron chi connectivity index (χ1n) is 5.66. The average Bonchev–Trinajstić information content (AvgIpc) is 2.82. The molecule has 0 N–H and O–H groups in total. The van der Waals surface area contributed by atoms with Gasteiger partial charge in [-0.25, -0.2) is 4.39 Å². The Morgan fingerprint density at radius 2 is 2.11 bits per heavy atom. The van der Waals surface area contributed by atoms with E-state index >= 15 is 0 Å². The molecule has 2 nitrogen and oxygen atoms in total. The molecule has 2 aromatic rings. The van der Waals surface area contributed by atoms with Crippen LogP contribution in [0.4, 0.5) is 4.39 Å². The van der Waals surface area contributed by atoms with Crippen molar-refractivity contribution in [1.29, 1.82) is 0 Å². The molecule has 1 heterocycles. The number of rotatable bonds is 4. The zero-order valence-corrected chi connectivity index (χ0v) is 11.5. The van der Waals surface area contributed by atoms with E-state index in [0.717, 1.165) is 16.7 Å². The lowest BCUT2D eigenvalue weighted by atomic mass is 10.1. The molecule has 0 saturated carbocycles. The van der Waals surface area contributed by atoms with Crippen LogP contribution >= 0.6 is 15.9 Å². The van der Waals surface area contributed by atoms with Crippen molar-refractivity contribution in [1.82, 2.24) is 0 Å². The molecule has 0 spiro atoms. The second kappa shape index (κ2) is 5.48. The summed E-state index contributed by atoms with van der Waals surface area (Å²) in [4.78, 5) is 12.0. The number of hydrogen-bond donors (Lipinski definition) is 0. The largest absolute Gasteiger partial charge is 0.458 e. The summed E-state index contributed by atoms with van der Waals surface area (Å²) in [5, 5.41) is 0. The summed E-state index contributed by atoms with van der Waals surface area (Å²) in [6, 6.07) is 7.74. The quantitative estimate of drug-likeness (QED) is 0.793. The van der Waals surface area contributed by atoms with Crippen molar-refractivity contribution < 1.29 is 13.6 Å². The fourth-order valence-corrected chi connectivity index (χ4v) is 2.04. The van der Waals surface area contributed by atoms with Crippen LogP contribution in [0.1, 0.15) is 28.8 Å². The van der Waals surface area contributed by atoms with Crippen LogP contribution in [0, 0.1) is 5.82 Å². The van der Waals surface area contributed by atoms with Crippen LogP contribution in [0.3, 0.4) is 0 Å². The Hall–Kier alpha value is -1.42. The van der Waals surface area contributed by atoms with Gasteiger partial charge in [-0.2, -0.15) is 0 Å². The van der Waals surface area contributed by atoms with Crippen LogP contribution < -0.4 is 0 Å². The van der Waals surface area contributed by atoms with Gasteiger partial charge < -0.3 is 4.42 Å². The van der Waals surface area contributed by atoms with Crippen LogP contribution in [-0.2, 0) is 12.8 Å². The minimum Gasteiger partial charge on any atom is -0.458 e. The van der Waals surface area contributed by atoms with Crippen molar-refractivity contribution in [3.63, 3.8) is 0 Å². The lowest BCUT2D eigenvalue weighted by molar-refractivity contribution is 0.0964. The van der Waals surface area contributed by atoms with Crippen LogP contribution in [0.25, 0.3) is 0 Å². The van der Waals surface area contributed by atoms with E-state index in [1.54, 1.807) is 18.2 Å². The van der Waals surface area contributed by atoms with Gasteiger partial charge in [0.15, 0.2) is 5.76 Å². The third-order valence-electron chi connectivity index (χ3n) is 2.64. The molecular formula is C14H12BrFO2. The molecule has 0 amide bonds. The zero-order valence-electron chi connectivity index (χ0n) is 9.87. The highest BCUT2D eigenvalue weighted by molar-refractivity contribution is 9.10. The SMILES string of the molecule is CCc1ccc(C(=O)Cc2cc(F)ccc2Br)o1. The molecule has 94 valence electrons. The van der Waals surface area contributed by atoms with E-state index in [2.05, 4.69) is 15.9 Å². The van der Waals surface area contributed by atoms with Gasteiger partial charge in [-0.1, -0.05) is 22.9 Å². The molecule has 0 radical (unpaired) electrons. The summed E-state index contributed by atoms with van der Waals surface area (Å²) in [5.41, 5.74) is 0.620. The fourth-order valence-electron chi connectivity index (χ4n) is 1.66. The maximum absolute atomic E-state index is 13.1. The van der Waals surface area contributed by atoms with E-state index in [0.29, 0.717) is 11.3 Å². The molecular weight excluding hydrogens is 299 g/mol. The molecule has 0 bridgehead atoms. The van der Waals surface area contributed by atoms with E-state index in [1.807, 2.05) is 6.92 Å². The Balaban J connectivity index is 2.18. The van der Waals surface area contributed by atoms with Gasteiger partial charge in [0.2, 0.25) is 5.78 Å². The number of ketones is 1. The number of benzene rings is 1. The molecule has 0 aliphatic rings. The molecule has 0 unspecified atom stereocenters. The number of Topliss-reactive ketones (excluding diaryl/α,β-unsaturated/α-hetero) is 1. The minimum atomic E-state index is -0.352. The van der Waals surface area contributed by atoms with Gasteiger partial charge in [0.05, 0.1) is 0 Å². The number of hydrogen-bond acceptors (Lipinski definition) is 2. The normalized spacial score (nSPS) is 10.6. The summed E-state index contributed by atoms with van der Waals surface area (Å²) in [6.45, 7) is 1.95. The molecule has 0 saturated heterocycles. The summed E-state index contributed by atoms with van der Waals surface area (Å²) in [7, 11) is 0. The maximum Gasteiger partial charge on any atom is 0.202 e. The van der Waals surface area contributed by atoms with Crippen molar-refractivity contribution in [2.24, 2.45) is 0 Å². The average molecular weight is 311 g/mol. The number of aryl methyl sites for hydroxylation is 1. The predicted octanol–water partition coefficient (Wildman–Crippen LogP) is 4.17. The second-order valence-corrected chi connectivity index (χ2v) is 4.81. The van der Waals surface area contributed by atoms with Crippen LogP contribution in [0.15, 0.2) is 39.2 Å². The van der Waals surface area contributed by atoms with Gasteiger partial charge in [0.25, 0.3) is 0 Å². The molecule has 1 aromatic heterocycles. The van der Waals surface area contributed by atoms with Crippen molar-refractivity contribution >= 4 is 21.7 Å². The highest BCUT2D eigenvalue weighted by Crippen LogP contribution is 2.20. The van der Waals surface area contributed by atoms with E-state index in [-0.39, 0.29) is 18.0 Å². The number of carbonyl (C=O) groups is 1. The predicted molar refractivity (Wildman–Crippen MR) is 70.2 cm³/mol. The first-order valence-corrected chi connectivity index (χ1v) is 6.45. The van der Waals surface area contributed by atoms with E-state index in [1.165, 1.54) is 12.1 Å². The molecule has 0 aliphatic heterocycles. The highest BCUT2D eigenvalue weighted by Gasteiger charge is 2.13. The van der Waals surface area contributed by atoms with Crippen molar-refractivity contribution in [2.45, 2.75) is 19.8 Å². The zero-order chi connectivity index (χ0) is 13.1. The fraction of sp³-hybridized carbons (Fsp3) is 0.214. The molecule has 1 aromatic carbocycles. The van der Waals surface area contributed by atoms with Gasteiger partial charge in [-0.05, 0) is 35.9 Å². The standard InChI is InChI=1S/C14H12BrFO2/c1-2-11-4-6-14(18-11)13(17)8-9-7-10(16)3-5-12(9)15/h3-7H,2,8H2,1H3. The second-order valence-electron chi connectivity index (χ2n) is 3.96. The highest BCUT2D eigenvalue weighted by atomic mass is 79.9. The summed E-state index contributed by atoms with van der Waals surface area (Å²) >= 11 is 3.30. The Kier molecular flexibility index (Phi) is 3.97. The van der Waals surface area contributed by atoms with E-state index in [4.69, 9.17) is 4.42 Å². The van der Waals surface area contributed by atoms with Gasteiger partial charge in [-0.3, -0.25) is 4.79 Å². The summed E-state index contributed by atoms with van der Waals surface area (Å²) < 4.78 is 19.2. The third kappa shape index (κ3) is 2.88. The molecule has 18 heavy (non-hydrogen) atoms. The number of furan rings is 1. The molecule has 2 rings (SSSR count). The number of halogens is 2. The Bertz CT molecular complexity index is 575. The van der Waals surface area contributed by atoms with E-state index in [9.17, 15) is 9.18 Å². The Labute approximate surface area is 113 Å². The van der Waals surface area contributed by atoms with Crippen LogP contribution in [-0.4, -0.2) is 5.78 Å². The summed E-state index contributed by atoms with van der Waals surface area (Å²) in [5.74, 6) is 0.593. The Morgan fingerprint density at radius 1 is 1.33 bits per heavy atom. The topological polar surface area (TPSA) is 30.2 Å². The molecule has 0 fully saturated rings. The van der Waals surface area contributed by atoms with Gasteiger partial charge in [0.1, 0.15) is 11.6 Å². The molecule has 4 heteroatoms.